The fraction of sp³-hybridized carbons (Fsp3) is 0.263. The number of rotatable bonds is 6. The average Bonchev–Trinajstić information content (AvgIpc) is 3.41. The summed E-state index contributed by atoms with van der Waals surface area (Å²) in [7, 11) is 0. The summed E-state index contributed by atoms with van der Waals surface area (Å²) in [6, 6.07) is 15.0. The Labute approximate surface area is 156 Å². The number of carbonyl (C=O) groups excluding carboxylic acids is 2. The number of benzene rings is 2. The Morgan fingerprint density at radius 2 is 1.68 bits per heavy atom. The highest BCUT2D eigenvalue weighted by Gasteiger charge is 2.47. The third-order valence-corrected chi connectivity index (χ3v) is 5.05. The van der Waals surface area contributed by atoms with E-state index in [1.54, 1.807) is 18.2 Å². The number of halogens is 2. The van der Waals surface area contributed by atoms with Crippen molar-refractivity contribution in [3.05, 3.63) is 64.1 Å². The second kappa shape index (κ2) is 7.89. The molecule has 0 aromatic heterocycles. The summed E-state index contributed by atoms with van der Waals surface area (Å²) in [5, 5.41) is 6.33. The minimum Gasteiger partial charge on any atom is -0.356 e. The van der Waals surface area contributed by atoms with E-state index in [1.807, 2.05) is 30.3 Å². The highest BCUT2D eigenvalue weighted by Crippen LogP contribution is 2.40. The van der Waals surface area contributed by atoms with Gasteiger partial charge in [0, 0.05) is 6.54 Å². The van der Waals surface area contributed by atoms with E-state index < -0.39 is 0 Å². The van der Waals surface area contributed by atoms with Crippen LogP contribution >= 0.6 is 23.2 Å². The van der Waals surface area contributed by atoms with Crippen molar-refractivity contribution in [3.63, 3.8) is 0 Å². The monoisotopic (exact) mass is 376 g/mol. The summed E-state index contributed by atoms with van der Waals surface area (Å²) in [5.74, 6) is -0.860. The molecule has 0 radical (unpaired) electrons. The lowest BCUT2D eigenvalue weighted by Crippen LogP contribution is -2.29. The Bertz CT molecular complexity index is 780. The van der Waals surface area contributed by atoms with Crippen LogP contribution in [0.15, 0.2) is 48.5 Å². The zero-order chi connectivity index (χ0) is 17.8. The van der Waals surface area contributed by atoms with E-state index in [0.29, 0.717) is 28.7 Å². The van der Waals surface area contributed by atoms with E-state index in [4.69, 9.17) is 23.2 Å². The molecular formula is C19H18Cl2N2O2. The van der Waals surface area contributed by atoms with Gasteiger partial charge in [0.15, 0.2) is 0 Å². The number of hydrogen-bond acceptors (Lipinski definition) is 2. The van der Waals surface area contributed by atoms with E-state index in [-0.39, 0.29) is 23.7 Å². The van der Waals surface area contributed by atoms with Crippen LogP contribution in [-0.4, -0.2) is 18.4 Å². The van der Waals surface area contributed by atoms with Gasteiger partial charge in [-0.05, 0) is 30.5 Å². The Hall–Kier alpha value is -2.04. The number of amides is 2. The van der Waals surface area contributed by atoms with Crippen molar-refractivity contribution in [2.24, 2.45) is 11.8 Å². The van der Waals surface area contributed by atoms with Crippen LogP contribution in [0.1, 0.15) is 12.0 Å². The molecule has 6 heteroatoms. The Balaban J connectivity index is 1.46. The highest BCUT2D eigenvalue weighted by molar-refractivity contribution is 6.44. The number of carbonyl (C=O) groups is 2. The molecule has 2 unspecified atom stereocenters. The van der Waals surface area contributed by atoms with Crippen molar-refractivity contribution >= 4 is 40.7 Å². The third-order valence-electron chi connectivity index (χ3n) is 4.23. The summed E-state index contributed by atoms with van der Waals surface area (Å²) in [6.07, 6.45) is 1.33. The summed E-state index contributed by atoms with van der Waals surface area (Å²) in [5.41, 5.74) is 1.64. The van der Waals surface area contributed by atoms with Crippen LogP contribution in [0, 0.1) is 11.8 Å². The van der Waals surface area contributed by atoms with Gasteiger partial charge in [-0.15, -0.1) is 0 Å². The van der Waals surface area contributed by atoms with Crippen molar-refractivity contribution < 1.29 is 9.59 Å². The molecule has 4 nitrogen and oxygen atoms in total. The molecule has 1 fully saturated rings. The number of nitrogens with one attached hydrogen (secondary N) is 2. The van der Waals surface area contributed by atoms with Gasteiger partial charge in [0.1, 0.15) is 0 Å². The first-order valence-corrected chi connectivity index (χ1v) is 8.88. The van der Waals surface area contributed by atoms with Crippen molar-refractivity contribution in [2.45, 2.75) is 12.8 Å². The molecule has 2 atom stereocenters. The third kappa shape index (κ3) is 4.53. The van der Waals surface area contributed by atoms with E-state index in [2.05, 4.69) is 10.6 Å². The van der Waals surface area contributed by atoms with Gasteiger partial charge >= 0.3 is 0 Å². The number of anilines is 1. The van der Waals surface area contributed by atoms with Crippen LogP contribution in [0.2, 0.25) is 10.0 Å². The van der Waals surface area contributed by atoms with Crippen molar-refractivity contribution in [3.8, 4) is 0 Å². The van der Waals surface area contributed by atoms with Crippen LogP contribution in [0.5, 0.6) is 0 Å². The zero-order valence-electron chi connectivity index (χ0n) is 13.5. The average molecular weight is 377 g/mol. The second-order valence-electron chi connectivity index (χ2n) is 6.07. The Morgan fingerprint density at radius 3 is 2.44 bits per heavy atom. The van der Waals surface area contributed by atoms with E-state index in [0.717, 1.165) is 6.42 Å². The topological polar surface area (TPSA) is 58.2 Å². The predicted octanol–water partition coefficient (Wildman–Crippen LogP) is 3.93. The molecule has 0 saturated heterocycles. The Morgan fingerprint density at radius 1 is 0.960 bits per heavy atom. The molecule has 0 heterocycles. The molecule has 2 aromatic carbocycles. The van der Waals surface area contributed by atoms with E-state index in [1.165, 1.54) is 5.56 Å². The summed E-state index contributed by atoms with van der Waals surface area (Å²) < 4.78 is 0. The van der Waals surface area contributed by atoms with Gasteiger partial charge < -0.3 is 10.6 Å². The molecule has 0 aliphatic heterocycles. The Kier molecular flexibility index (Phi) is 5.61. The maximum absolute atomic E-state index is 12.3. The lowest BCUT2D eigenvalue weighted by Gasteiger charge is -2.08. The van der Waals surface area contributed by atoms with Gasteiger partial charge in [0.25, 0.3) is 0 Å². The normalized spacial score (nSPS) is 18.5. The molecule has 0 spiro atoms. The van der Waals surface area contributed by atoms with Gasteiger partial charge in [-0.1, -0.05) is 59.6 Å². The SMILES string of the molecule is O=C(NCCc1ccccc1)C1CC1C(=O)Nc1cccc(Cl)c1Cl. The molecule has 2 amide bonds. The first-order valence-electron chi connectivity index (χ1n) is 8.13. The maximum atomic E-state index is 12.3. The smallest absolute Gasteiger partial charge is 0.228 e. The van der Waals surface area contributed by atoms with Gasteiger partial charge in [-0.25, -0.2) is 0 Å². The molecule has 2 aromatic rings. The molecular weight excluding hydrogens is 359 g/mol. The standard InChI is InChI=1S/C19H18Cl2N2O2/c20-15-7-4-8-16(17(15)21)23-19(25)14-11-13(14)18(24)22-10-9-12-5-2-1-3-6-12/h1-8,13-14H,9-11H2,(H,22,24)(H,23,25). The van der Waals surface area contributed by atoms with Gasteiger partial charge in [-0.2, -0.15) is 0 Å². The zero-order valence-corrected chi connectivity index (χ0v) is 15.0. The van der Waals surface area contributed by atoms with Crippen molar-refractivity contribution in [2.75, 3.05) is 11.9 Å². The van der Waals surface area contributed by atoms with Crippen LogP contribution in [-0.2, 0) is 16.0 Å². The second-order valence-corrected chi connectivity index (χ2v) is 6.85. The van der Waals surface area contributed by atoms with E-state index >= 15 is 0 Å². The lowest BCUT2D eigenvalue weighted by atomic mass is 10.1. The minimum absolute atomic E-state index is 0.0757. The number of hydrogen-bond donors (Lipinski definition) is 2. The molecule has 1 aliphatic rings. The summed E-state index contributed by atoms with van der Waals surface area (Å²) in [4.78, 5) is 24.4. The molecule has 1 aliphatic carbocycles. The highest BCUT2D eigenvalue weighted by atomic mass is 35.5. The quantitative estimate of drug-likeness (QED) is 0.802. The first-order chi connectivity index (χ1) is 12.1. The molecule has 25 heavy (non-hydrogen) atoms. The van der Waals surface area contributed by atoms with Crippen molar-refractivity contribution in [1.29, 1.82) is 0 Å². The first kappa shape index (κ1) is 17.8. The van der Waals surface area contributed by atoms with Gasteiger partial charge in [-0.3, -0.25) is 9.59 Å². The summed E-state index contributed by atoms with van der Waals surface area (Å²) in [6.45, 7) is 0.563. The fourth-order valence-electron chi connectivity index (χ4n) is 2.71. The van der Waals surface area contributed by atoms with Crippen LogP contribution < -0.4 is 10.6 Å². The van der Waals surface area contributed by atoms with Crippen LogP contribution in [0.25, 0.3) is 0 Å². The van der Waals surface area contributed by atoms with Crippen molar-refractivity contribution in [1.82, 2.24) is 5.32 Å². The molecule has 0 bridgehead atoms. The molecule has 2 N–H and O–H groups in total. The molecule has 130 valence electrons. The molecule has 1 saturated carbocycles. The largest absolute Gasteiger partial charge is 0.356 e. The predicted molar refractivity (Wildman–Crippen MR) is 99.8 cm³/mol. The maximum Gasteiger partial charge on any atom is 0.228 e. The van der Waals surface area contributed by atoms with Gasteiger partial charge in [0.2, 0.25) is 11.8 Å². The van der Waals surface area contributed by atoms with Crippen LogP contribution in [0.4, 0.5) is 5.69 Å². The van der Waals surface area contributed by atoms with Gasteiger partial charge in [0.05, 0.1) is 27.6 Å². The molecule has 3 rings (SSSR count). The fourth-order valence-corrected chi connectivity index (χ4v) is 3.05. The van der Waals surface area contributed by atoms with Crippen LogP contribution in [0.3, 0.4) is 0 Å². The lowest BCUT2D eigenvalue weighted by molar-refractivity contribution is -0.125. The summed E-state index contributed by atoms with van der Waals surface area (Å²) >= 11 is 12.0. The minimum atomic E-state index is -0.313. The van der Waals surface area contributed by atoms with E-state index in [9.17, 15) is 9.59 Å².